The molecule has 2 aliphatic heterocycles. The van der Waals surface area contributed by atoms with Crippen LogP contribution in [0.2, 0.25) is 0 Å². The molecule has 3 aliphatic carbocycles. The number of fused-ring (bicyclic) bond motifs is 7. The van der Waals surface area contributed by atoms with Crippen molar-refractivity contribution < 1.29 is 63.3 Å². The number of rotatable bonds is 2. The number of Topliss-reactive ketones (excluding diaryl/α,β-unsaturated/α-hetero) is 1. The predicted molar refractivity (Wildman–Crippen MR) is 214 cm³/mol. The summed E-state index contributed by atoms with van der Waals surface area (Å²) >= 11 is 0. The fraction of sp³-hybridized carbons (Fsp3) is 0.543. The number of aliphatic hydroxyl groups excluding tert-OH is 3. The number of ketones is 1. The molecule has 11 atom stereocenters. The molecule has 0 unspecified atom stereocenters. The number of hydrogen-bond acceptors (Lipinski definition) is 13. The monoisotopic (exact) mass is 829 g/mol. The smallest absolute Gasteiger partial charge is 0.338 e. The number of amides is 1. The molecule has 322 valence electrons. The van der Waals surface area contributed by atoms with E-state index < -0.39 is 107 Å². The Kier molecular flexibility index (Phi) is 11.8. The molecule has 5 N–H and O–H groups in total. The zero-order valence-corrected chi connectivity index (χ0v) is 34.6. The van der Waals surface area contributed by atoms with Gasteiger partial charge in [0.05, 0.1) is 35.6 Å². The quantitative estimate of drug-likeness (QED) is 0.167. The molecule has 7 rings (SSSR count). The first-order chi connectivity index (χ1) is 28.4. The van der Waals surface area contributed by atoms with Crippen molar-refractivity contribution in [1.29, 1.82) is 0 Å². The second-order valence-electron chi connectivity index (χ2n) is 17.7. The van der Waals surface area contributed by atoms with Crippen molar-refractivity contribution in [3.05, 3.63) is 94.6 Å². The van der Waals surface area contributed by atoms with Gasteiger partial charge in [-0.3, -0.25) is 14.4 Å². The van der Waals surface area contributed by atoms with E-state index in [0.29, 0.717) is 36.8 Å². The molecular weight excluding hydrogens is 774 g/mol. The van der Waals surface area contributed by atoms with E-state index in [0.717, 1.165) is 0 Å². The number of hydrogen-bond donors (Lipinski definition) is 5. The van der Waals surface area contributed by atoms with Gasteiger partial charge in [0.25, 0.3) is 0 Å². The van der Waals surface area contributed by atoms with E-state index in [1.165, 1.54) is 20.8 Å². The summed E-state index contributed by atoms with van der Waals surface area (Å²) < 4.78 is 24.6. The minimum Gasteiger partial charge on any atom is -0.456 e. The van der Waals surface area contributed by atoms with Gasteiger partial charge in [-0.1, -0.05) is 74.5 Å². The summed E-state index contributed by atoms with van der Waals surface area (Å²) in [6, 6.07) is 14.0. The van der Waals surface area contributed by atoms with Gasteiger partial charge in [-0.05, 0) is 67.9 Å². The SMILES string of the molecule is CC(=O)O[C@@]12CO[C@H]1C[C@H](O)[C@@]1(C)C(=O)[C@@H](O)C3=C(C)[C@@H]4C[C@@](O)([C@H](OC(=O)c5ccccc5CC=CCCCCC(=O)N[C@H](c5ccccc5)[C@H](O)C(=O)O4)[C@H]21)C3(C)C. The van der Waals surface area contributed by atoms with Crippen molar-refractivity contribution in [2.75, 3.05) is 6.61 Å². The maximum atomic E-state index is 15.1. The van der Waals surface area contributed by atoms with Crippen LogP contribution < -0.4 is 5.32 Å². The Bertz CT molecular complexity index is 2100. The Morgan fingerprint density at radius 3 is 2.30 bits per heavy atom. The Labute approximate surface area is 348 Å². The van der Waals surface area contributed by atoms with Crippen LogP contribution in [0.1, 0.15) is 101 Å². The summed E-state index contributed by atoms with van der Waals surface area (Å²) in [6.07, 6.45) is -4.26. The fourth-order valence-electron chi connectivity index (χ4n) is 10.6. The molecule has 1 saturated heterocycles. The van der Waals surface area contributed by atoms with Gasteiger partial charge in [0.1, 0.15) is 30.0 Å². The van der Waals surface area contributed by atoms with E-state index in [1.54, 1.807) is 68.4 Å². The van der Waals surface area contributed by atoms with E-state index in [2.05, 4.69) is 5.32 Å². The lowest BCUT2D eigenvalue weighted by Crippen LogP contribution is -2.81. The first kappa shape index (κ1) is 43.4. The lowest BCUT2D eigenvalue weighted by molar-refractivity contribution is -0.346. The normalized spacial score (nSPS) is 37.3. The lowest BCUT2D eigenvalue weighted by atomic mass is 9.44. The molecule has 60 heavy (non-hydrogen) atoms. The van der Waals surface area contributed by atoms with E-state index in [-0.39, 0.29) is 36.2 Å². The highest BCUT2D eigenvalue weighted by Crippen LogP contribution is 2.64. The molecule has 2 saturated carbocycles. The van der Waals surface area contributed by atoms with E-state index in [4.69, 9.17) is 18.9 Å². The minimum atomic E-state index is -2.34. The molecule has 2 aromatic carbocycles. The second kappa shape index (κ2) is 16.3. The van der Waals surface area contributed by atoms with Gasteiger partial charge in [0.2, 0.25) is 5.91 Å². The molecule has 2 heterocycles. The van der Waals surface area contributed by atoms with Crippen LogP contribution in [0.5, 0.6) is 0 Å². The number of benzene rings is 2. The van der Waals surface area contributed by atoms with Crippen molar-refractivity contribution in [1.82, 2.24) is 5.32 Å². The number of carbonyl (C=O) groups is 5. The Balaban J connectivity index is 1.43. The van der Waals surface area contributed by atoms with Crippen LogP contribution in [-0.4, -0.2) is 104 Å². The molecule has 3 fully saturated rings. The summed E-state index contributed by atoms with van der Waals surface area (Å²) in [5.41, 5.74) is -6.37. The van der Waals surface area contributed by atoms with E-state index in [1.807, 2.05) is 12.2 Å². The van der Waals surface area contributed by atoms with Crippen molar-refractivity contribution in [2.24, 2.45) is 16.7 Å². The summed E-state index contributed by atoms with van der Waals surface area (Å²) in [7, 11) is 0. The van der Waals surface area contributed by atoms with Crippen LogP contribution in [0.4, 0.5) is 0 Å². The fourth-order valence-corrected chi connectivity index (χ4v) is 10.6. The molecule has 0 aromatic heterocycles. The molecular formula is C46H55NO13. The Morgan fingerprint density at radius 1 is 0.917 bits per heavy atom. The van der Waals surface area contributed by atoms with Gasteiger partial charge in [0.15, 0.2) is 17.5 Å². The number of esters is 3. The highest BCUT2D eigenvalue weighted by atomic mass is 16.6. The summed E-state index contributed by atoms with van der Waals surface area (Å²) in [6.45, 7) is 7.00. The molecule has 0 radical (unpaired) electrons. The standard InChI is InChI=1S/C46H55NO13/c1-25-30-23-46(56)40(38-44(5,39(53)36(51)34(25)43(46,3)4)31(49)22-32-45(38,24-57-32)60-26(2)48)59-41(54)29-20-15-14-17-27(29)16-10-7-6-8-13-21-33(50)47-35(37(52)42(55)58-30)28-18-11-9-12-19-28/h7,9-12,14-15,17-20,30-32,35-38,40,49,51-52,56H,6,8,13,16,21-24H2,1-5H3,(H,47,50)/t30-,31-,32-,35+,36-,37-,38-,40+,44+,45-,46+/m0/s1. The Morgan fingerprint density at radius 2 is 1.62 bits per heavy atom. The first-order valence-electron chi connectivity index (χ1n) is 20.7. The molecule has 5 aliphatic rings. The van der Waals surface area contributed by atoms with E-state index >= 15 is 4.79 Å². The van der Waals surface area contributed by atoms with Gasteiger partial charge >= 0.3 is 17.9 Å². The molecule has 0 spiro atoms. The zero-order valence-electron chi connectivity index (χ0n) is 34.6. The number of nitrogens with one attached hydrogen (secondary N) is 1. The third kappa shape index (κ3) is 7.09. The average Bonchev–Trinajstić information content (AvgIpc) is 3.20. The molecule has 2 aromatic rings. The van der Waals surface area contributed by atoms with Crippen molar-refractivity contribution >= 4 is 29.6 Å². The second-order valence-corrected chi connectivity index (χ2v) is 17.7. The van der Waals surface area contributed by atoms with Gasteiger partial charge in [-0.25, -0.2) is 9.59 Å². The number of carbonyl (C=O) groups excluding carboxylic acids is 5. The van der Waals surface area contributed by atoms with Crippen LogP contribution in [0, 0.1) is 16.7 Å². The highest BCUT2D eigenvalue weighted by molar-refractivity contribution is 5.94. The van der Waals surface area contributed by atoms with Crippen LogP contribution in [0.25, 0.3) is 0 Å². The third-order valence-corrected chi connectivity index (χ3v) is 14.0. The summed E-state index contributed by atoms with van der Waals surface area (Å²) in [5, 5.41) is 52.3. The van der Waals surface area contributed by atoms with Crippen molar-refractivity contribution in [3.8, 4) is 0 Å². The number of allylic oxidation sites excluding steroid dienone is 2. The molecule has 1 amide bonds. The highest BCUT2D eigenvalue weighted by Gasteiger charge is 2.78. The van der Waals surface area contributed by atoms with E-state index in [9.17, 15) is 39.6 Å². The van der Waals surface area contributed by atoms with Crippen molar-refractivity contribution in [3.63, 3.8) is 0 Å². The van der Waals surface area contributed by atoms with Crippen LogP contribution in [0.3, 0.4) is 0 Å². The van der Waals surface area contributed by atoms with Gasteiger partial charge in [-0.2, -0.15) is 0 Å². The van der Waals surface area contributed by atoms with Crippen molar-refractivity contribution in [2.45, 2.75) is 133 Å². The Hall–Kier alpha value is -4.73. The zero-order chi connectivity index (χ0) is 43.4. The number of ether oxygens (including phenoxy) is 4. The number of aliphatic hydroxyl groups is 4. The maximum Gasteiger partial charge on any atom is 0.338 e. The first-order valence-corrected chi connectivity index (χ1v) is 20.7. The molecule has 14 nitrogen and oxygen atoms in total. The summed E-state index contributed by atoms with van der Waals surface area (Å²) in [4.78, 5) is 70.3. The topological polar surface area (TPSA) is 215 Å². The average molecular weight is 830 g/mol. The molecule has 3 bridgehead atoms. The lowest BCUT2D eigenvalue weighted by Gasteiger charge is -2.67. The van der Waals surface area contributed by atoms with Gasteiger partial charge < -0.3 is 44.7 Å². The molecule has 14 heteroatoms. The predicted octanol–water partition coefficient (Wildman–Crippen LogP) is 3.52. The third-order valence-electron chi connectivity index (χ3n) is 14.0. The van der Waals surface area contributed by atoms with Crippen LogP contribution in [0.15, 0.2) is 77.9 Å². The summed E-state index contributed by atoms with van der Waals surface area (Å²) in [5.74, 6) is -5.61. The largest absolute Gasteiger partial charge is 0.456 e. The minimum absolute atomic E-state index is 0.0353. The van der Waals surface area contributed by atoms with Gasteiger partial charge in [0, 0.05) is 31.6 Å². The van der Waals surface area contributed by atoms with Gasteiger partial charge in [-0.15, -0.1) is 0 Å². The van der Waals surface area contributed by atoms with Crippen LogP contribution >= 0.6 is 0 Å². The maximum absolute atomic E-state index is 15.1. The van der Waals surface area contributed by atoms with Crippen LogP contribution in [-0.2, 0) is 44.5 Å².